The lowest BCUT2D eigenvalue weighted by atomic mass is 10.2. The second-order valence-electron chi connectivity index (χ2n) is 4.16. The number of rotatable bonds is 3. The number of hydrogen-bond acceptors (Lipinski definition) is 3. The molecule has 1 N–H and O–H groups in total. The van der Waals surface area contributed by atoms with E-state index in [0.29, 0.717) is 32.6 Å². The molecule has 1 aromatic carbocycles. The number of ether oxygens (including phenoxy) is 1. The Bertz CT molecular complexity index is 465. The summed E-state index contributed by atoms with van der Waals surface area (Å²) < 4.78 is 5.17. The van der Waals surface area contributed by atoms with Crippen LogP contribution in [0.5, 0.6) is 0 Å². The van der Waals surface area contributed by atoms with Crippen molar-refractivity contribution < 1.29 is 14.3 Å². The number of carbonyl (C=O) groups excluding carboxylic acids is 2. The van der Waals surface area contributed by atoms with Gasteiger partial charge in [0.1, 0.15) is 0 Å². The van der Waals surface area contributed by atoms with Crippen LogP contribution in [-0.4, -0.2) is 43.5 Å². The molecule has 0 radical (unpaired) electrons. The van der Waals surface area contributed by atoms with Gasteiger partial charge in [-0.05, 0) is 11.6 Å². The zero-order chi connectivity index (χ0) is 13.5. The second-order valence-corrected chi connectivity index (χ2v) is 4.16. The van der Waals surface area contributed by atoms with Crippen molar-refractivity contribution in [1.29, 1.82) is 0 Å². The van der Waals surface area contributed by atoms with Gasteiger partial charge in [-0.15, -0.1) is 0 Å². The molecule has 1 heterocycles. The van der Waals surface area contributed by atoms with Gasteiger partial charge < -0.3 is 15.0 Å². The van der Waals surface area contributed by atoms with Crippen molar-refractivity contribution >= 4 is 18.4 Å². The topological polar surface area (TPSA) is 58.6 Å². The van der Waals surface area contributed by atoms with Crippen LogP contribution >= 0.6 is 0 Å². The van der Waals surface area contributed by atoms with Crippen LogP contribution < -0.4 is 5.32 Å². The Hall–Kier alpha value is -2.14. The van der Waals surface area contributed by atoms with Crippen molar-refractivity contribution in [2.75, 3.05) is 26.3 Å². The molecule has 0 aliphatic carbocycles. The van der Waals surface area contributed by atoms with Crippen molar-refractivity contribution in [3.63, 3.8) is 0 Å². The van der Waals surface area contributed by atoms with Crippen LogP contribution in [-0.2, 0) is 9.53 Å². The Morgan fingerprint density at radius 2 is 1.89 bits per heavy atom. The fourth-order valence-electron chi connectivity index (χ4n) is 1.80. The van der Waals surface area contributed by atoms with E-state index < -0.39 is 0 Å². The van der Waals surface area contributed by atoms with Crippen LogP contribution in [0.25, 0.3) is 6.08 Å². The molecule has 1 aliphatic heterocycles. The third kappa shape index (κ3) is 3.93. The number of nitrogens with one attached hydrogen (secondary N) is 1. The van der Waals surface area contributed by atoms with Gasteiger partial charge in [-0.2, -0.15) is 0 Å². The molecule has 0 spiro atoms. The average molecular weight is 260 g/mol. The largest absolute Gasteiger partial charge is 0.378 e. The standard InChI is InChI=1S/C14H16N2O3/c17-11-13(10-12-4-2-1-3-5-12)15-14(18)16-6-8-19-9-7-16/h1-5,10-11H,6-9H2,(H,15,18). The average Bonchev–Trinajstić information content (AvgIpc) is 2.48. The van der Waals surface area contributed by atoms with E-state index in [2.05, 4.69) is 5.32 Å². The number of allylic oxidation sites excluding steroid dienone is 1. The van der Waals surface area contributed by atoms with Crippen LogP contribution in [0.1, 0.15) is 5.56 Å². The first-order chi connectivity index (χ1) is 9.29. The molecule has 5 nitrogen and oxygen atoms in total. The molecule has 0 saturated carbocycles. The number of benzene rings is 1. The highest BCUT2D eigenvalue weighted by molar-refractivity contribution is 5.89. The second kappa shape index (κ2) is 6.70. The van der Waals surface area contributed by atoms with E-state index in [-0.39, 0.29) is 11.7 Å². The lowest BCUT2D eigenvalue weighted by Gasteiger charge is -2.26. The number of urea groups is 1. The van der Waals surface area contributed by atoms with Crippen molar-refractivity contribution in [3.05, 3.63) is 41.6 Å². The minimum absolute atomic E-state index is 0.252. The summed E-state index contributed by atoms with van der Waals surface area (Å²) in [5.41, 5.74) is 1.12. The molecule has 1 saturated heterocycles. The molecule has 5 heteroatoms. The Kier molecular flexibility index (Phi) is 4.69. The van der Waals surface area contributed by atoms with Gasteiger partial charge in [0.25, 0.3) is 0 Å². The molecule has 1 aromatic rings. The molecule has 1 fully saturated rings. The van der Waals surface area contributed by atoms with Crippen molar-refractivity contribution in [2.24, 2.45) is 0 Å². The molecule has 0 atom stereocenters. The summed E-state index contributed by atoms with van der Waals surface area (Å²) in [5.74, 6) is 0. The number of aldehydes is 1. The zero-order valence-electron chi connectivity index (χ0n) is 10.5. The molecule has 19 heavy (non-hydrogen) atoms. The predicted octanol–water partition coefficient (Wildman–Crippen LogP) is 1.27. The SMILES string of the molecule is O=CC(=Cc1ccccc1)NC(=O)N1CCOCC1. The smallest absolute Gasteiger partial charge is 0.322 e. The Morgan fingerprint density at radius 1 is 1.21 bits per heavy atom. The van der Waals surface area contributed by atoms with Gasteiger partial charge in [0.15, 0.2) is 6.29 Å². The van der Waals surface area contributed by atoms with Crippen LogP contribution in [0.4, 0.5) is 4.79 Å². The summed E-state index contributed by atoms with van der Waals surface area (Å²) >= 11 is 0. The number of nitrogens with zero attached hydrogens (tertiary/aromatic N) is 1. The number of morpholine rings is 1. The van der Waals surface area contributed by atoms with Crippen LogP contribution in [0.15, 0.2) is 36.0 Å². The van der Waals surface area contributed by atoms with Gasteiger partial charge in [0, 0.05) is 13.1 Å². The van der Waals surface area contributed by atoms with E-state index in [1.165, 1.54) is 0 Å². The van der Waals surface area contributed by atoms with Gasteiger partial charge in [-0.3, -0.25) is 4.79 Å². The number of amides is 2. The van der Waals surface area contributed by atoms with Crippen LogP contribution in [0, 0.1) is 0 Å². The summed E-state index contributed by atoms with van der Waals surface area (Å²) in [7, 11) is 0. The first-order valence-corrected chi connectivity index (χ1v) is 6.15. The fourth-order valence-corrected chi connectivity index (χ4v) is 1.80. The molecule has 2 amide bonds. The van der Waals surface area contributed by atoms with Crippen LogP contribution in [0.3, 0.4) is 0 Å². The maximum Gasteiger partial charge on any atom is 0.322 e. The molecule has 100 valence electrons. The normalized spacial score (nSPS) is 16.0. The first-order valence-electron chi connectivity index (χ1n) is 6.15. The van der Waals surface area contributed by atoms with Gasteiger partial charge in [-0.1, -0.05) is 30.3 Å². The van der Waals surface area contributed by atoms with E-state index in [1.807, 2.05) is 30.3 Å². The van der Waals surface area contributed by atoms with Crippen molar-refractivity contribution in [2.45, 2.75) is 0 Å². The minimum atomic E-state index is -0.266. The van der Waals surface area contributed by atoms with Gasteiger partial charge in [-0.25, -0.2) is 4.79 Å². The number of carbonyl (C=O) groups is 2. The summed E-state index contributed by atoms with van der Waals surface area (Å²) in [4.78, 5) is 24.5. The monoisotopic (exact) mass is 260 g/mol. The van der Waals surface area contributed by atoms with Gasteiger partial charge >= 0.3 is 6.03 Å². The predicted molar refractivity (Wildman–Crippen MR) is 71.4 cm³/mol. The first kappa shape index (κ1) is 13.3. The maximum atomic E-state index is 11.9. The van der Waals surface area contributed by atoms with Crippen molar-refractivity contribution in [1.82, 2.24) is 10.2 Å². The molecular formula is C14H16N2O3. The van der Waals surface area contributed by atoms with Crippen molar-refractivity contribution in [3.8, 4) is 0 Å². The molecule has 2 rings (SSSR count). The Labute approximate surface area is 111 Å². The van der Waals surface area contributed by atoms with E-state index in [4.69, 9.17) is 4.74 Å². The zero-order valence-corrected chi connectivity index (χ0v) is 10.5. The summed E-state index contributed by atoms with van der Waals surface area (Å²) in [6.07, 6.45) is 2.29. The molecular weight excluding hydrogens is 244 g/mol. The summed E-state index contributed by atoms with van der Waals surface area (Å²) in [5, 5.41) is 2.61. The highest BCUT2D eigenvalue weighted by Gasteiger charge is 2.17. The van der Waals surface area contributed by atoms with E-state index in [9.17, 15) is 9.59 Å². The Morgan fingerprint density at radius 3 is 2.53 bits per heavy atom. The van der Waals surface area contributed by atoms with E-state index in [0.717, 1.165) is 5.56 Å². The highest BCUT2D eigenvalue weighted by Crippen LogP contribution is 2.04. The number of hydrogen-bond donors (Lipinski definition) is 1. The lowest BCUT2D eigenvalue weighted by molar-refractivity contribution is -0.105. The van der Waals surface area contributed by atoms with E-state index in [1.54, 1.807) is 11.0 Å². The molecule has 1 aliphatic rings. The minimum Gasteiger partial charge on any atom is -0.378 e. The summed E-state index contributed by atoms with van der Waals surface area (Å²) in [6.45, 7) is 2.16. The third-order valence-electron chi connectivity index (χ3n) is 2.80. The molecule has 0 bridgehead atoms. The quantitative estimate of drug-likeness (QED) is 0.657. The van der Waals surface area contributed by atoms with Gasteiger partial charge in [0.2, 0.25) is 0 Å². The fraction of sp³-hybridized carbons (Fsp3) is 0.286. The third-order valence-corrected chi connectivity index (χ3v) is 2.80. The summed E-state index contributed by atoms with van der Waals surface area (Å²) in [6, 6.07) is 9.10. The Balaban J connectivity index is 2.00. The molecule has 0 unspecified atom stereocenters. The maximum absolute atomic E-state index is 11.9. The van der Waals surface area contributed by atoms with Gasteiger partial charge in [0.05, 0.1) is 18.9 Å². The lowest BCUT2D eigenvalue weighted by Crippen LogP contribution is -2.46. The van der Waals surface area contributed by atoms with Crippen LogP contribution in [0.2, 0.25) is 0 Å². The molecule has 0 aromatic heterocycles. The van der Waals surface area contributed by atoms with E-state index >= 15 is 0 Å². The highest BCUT2D eigenvalue weighted by atomic mass is 16.5.